The van der Waals surface area contributed by atoms with E-state index in [1.807, 2.05) is 54.3 Å². The Labute approximate surface area is 250 Å². The molecule has 0 aliphatic carbocycles. The lowest BCUT2D eigenvalue weighted by molar-refractivity contribution is 0.0673. The number of rotatable bonds is 6. The van der Waals surface area contributed by atoms with Crippen molar-refractivity contribution in [1.29, 1.82) is 10.0 Å². The van der Waals surface area contributed by atoms with Gasteiger partial charge < -0.3 is 14.7 Å². The summed E-state index contributed by atoms with van der Waals surface area (Å²) in [5.41, 5.74) is 6.63. The van der Waals surface area contributed by atoms with Crippen molar-refractivity contribution in [3.63, 3.8) is 0 Å². The van der Waals surface area contributed by atoms with Crippen molar-refractivity contribution in [2.24, 2.45) is 0 Å². The Morgan fingerprint density at radius 3 is 2.24 bits per heavy atom. The van der Waals surface area contributed by atoms with E-state index in [2.05, 4.69) is 46.7 Å². The average Bonchev–Trinajstić information content (AvgIpc) is 2.98. The average molecular weight is 585 g/mol. The molecule has 3 aromatic rings. The van der Waals surface area contributed by atoms with Crippen molar-refractivity contribution in [3.8, 4) is 6.07 Å². The maximum absolute atomic E-state index is 13.9. The molecule has 1 N–H and O–H groups in total. The lowest BCUT2D eigenvalue weighted by Crippen LogP contribution is -2.54. The van der Waals surface area contributed by atoms with Gasteiger partial charge in [-0.25, -0.2) is 8.99 Å². The van der Waals surface area contributed by atoms with Crippen LogP contribution in [0.25, 0.3) is 0 Å². The number of nitrogens with zero attached hydrogens (tertiary/aromatic N) is 5. The van der Waals surface area contributed by atoms with E-state index in [9.17, 15) is 14.3 Å². The summed E-state index contributed by atoms with van der Waals surface area (Å²) in [6.45, 7) is 12.3. The topological polar surface area (TPSA) is 94.7 Å². The number of carbonyl (C=O) groups excluding carboxylic acids is 1. The Morgan fingerprint density at radius 2 is 1.57 bits per heavy atom. The van der Waals surface area contributed by atoms with Gasteiger partial charge in [0, 0.05) is 70.2 Å². The Hall–Kier alpha value is -3.87. The third-order valence-corrected chi connectivity index (χ3v) is 9.74. The molecule has 0 saturated carbocycles. The summed E-state index contributed by atoms with van der Waals surface area (Å²) >= 11 is 0. The van der Waals surface area contributed by atoms with Gasteiger partial charge in [-0.3, -0.25) is 9.69 Å². The van der Waals surface area contributed by atoms with Crippen molar-refractivity contribution in [2.75, 3.05) is 61.9 Å². The molecule has 2 saturated heterocycles. The third-order valence-electron chi connectivity index (χ3n) is 8.56. The Bertz CT molecular complexity index is 1620. The van der Waals surface area contributed by atoms with E-state index in [-0.39, 0.29) is 11.9 Å². The fourth-order valence-electron chi connectivity index (χ4n) is 6.21. The van der Waals surface area contributed by atoms with Gasteiger partial charge >= 0.3 is 0 Å². The number of nitriles is 1. The summed E-state index contributed by atoms with van der Waals surface area (Å²) in [5, 5.41) is 9.50. The number of benzene rings is 3. The van der Waals surface area contributed by atoms with Crippen LogP contribution < -0.4 is 9.80 Å². The number of piperazine rings is 2. The Kier molecular flexibility index (Phi) is 8.58. The minimum atomic E-state index is -2.86. The first-order valence-corrected chi connectivity index (χ1v) is 16.5. The second-order valence-corrected chi connectivity index (χ2v) is 13.7. The molecule has 0 aromatic heterocycles. The summed E-state index contributed by atoms with van der Waals surface area (Å²) in [7, 11) is -2.86. The summed E-state index contributed by atoms with van der Waals surface area (Å²) in [6, 6.07) is 21.7. The highest BCUT2D eigenvalue weighted by molar-refractivity contribution is 7.91. The maximum Gasteiger partial charge on any atom is 0.254 e. The molecular weight excluding hydrogens is 544 g/mol. The summed E-state index contributed by atoms with van der Waals surface area (Å²) in [6.07, 6.45) is 1.46. The molecule has 2 atom stereocenters. The number of anilines is 2. The van der Waals surface area contributed by atoms with Crippen molar-refractivity contribution < 1.29 is 9.00 Å². The van der Waals surface area contributed by atoms with Crippen LogP contribution in [0.15, 0.2) is 65.6 Å². The first-order valence-electron chi connectivity index (χ1n) is 14.5. The highest BCUT2D eigenvalue weighted by Gasteiger charge is 2.31. The minimum Gasteiger partial charge on any atom is -0.368 e. The molecule has 8 nitrogen and oxygen atoms in total. The largest absolute Gasteiger partial charge is 0.368 e. The molecule has 1 unspecified atom stereocenters. The zero-order valence-corrected chi connectivity index (χ0v) is 25.8. The smallest absolute Gasteiger partial charge is 0.254 e. The number of hydrogen-bond donors (Lipinski definition) is 1. The van der Waals surface area contributed by atoms with Crippen LogP contribution in [0.1, 0.15) is 39.5 Å². The van der Waals surface area contributed by atoms with E-state index in [0.29, 0.717) is 30.1 Å². The molecule has 0 radical (unpaired) electrons. The zero-order chi connectivity index (χ0) is 30.0. The van der Waals surface area contributed by atoms with Gasteiger partial charge in [0.05, 0.1) is 31.6 Å². The number of hydrogen-bond acceptors (Lipinski definition) is 7. The highest BCUT2D eigenvalue weighted by Crippen LogP contribution is 2.29. The molecule has 220 valence electrons. The lowest BCUT2D eigenvalue weighted by atomic mass is 9.97. The molecule has 5 rings (SSSR count). The van der Waals surface area contributed by atoms with E-state index in [4.69, 9.17) is 4.78 Å². The van der Waals surface area contributed by atoms with Gasteiger partial charge in [-0.05, 0) is 67.8 Å². The molecule has 9 heteroatoms. The third kappa shape index (κ3) is 6.15. The zero-order valence-electron chi connectivity index (χ0n) is 25.0. The fourth-order valence-corrected chi connectivity index (χ4v) is 7.14. The van der Waals surface area contributed by atoms with Crippen molar-refractivity contribution in [2.45, 2.75) is 38.3 Å². The number of aryl methyl sites for hydroxylation is 2. The number of amides is 1. The van der Waals surface area contributed by atoms with Crippen LogP contribution in [-0.4, -0.2) is 78.0 Å². The second-order valence-electron chi connectivity index (χ2n) is 11.6. The standard InChI is InChI=1S/C33H40N6O2S/c1-24-19-25(2)29(20-28(24)23-36-13-15-37(16-14-36)30-10-6-5-9-27(30)21-34)33(40)39-18-17-38(22-26(39)3)31-11-7-8-12-32(31)42(4,35)41/h5-12,19-20,26,35H,13-18,22-23H2,1-4H3/t26-,42?/m0/s1. The molecule has 0 spiro atoms. The van der Waals surface area contributed by atoms with Gasteiger partial charge in [0.15, 0.2) is 0 Å². The van der Waals surface area contributed by atoms with Crippen LogP contribution in [0, 0.1) is 30.0 Å². The van der Waals surface area contributed by atoms with Gasteiger partial charge in [-0.15, -0.1) is 0 Å². The van der Waals surface area contributed by atoms with Gasteiger partial charge in [-0.1, -0.05) is 30.3 Å². The van der Waals surface area contributed by atoms with Gasteiger partial charge in [0.25, 0.3) is 5.91 Å². The van der Waals surface area contributed by atoms with Crippen LogP contribution >= 0.6 is 0 Å². The predicted octanol–water partition coefficient (Wildman–Crippen LogP) is 4.88. The molecule has 2 fully saturated rings. The van der Waals surface area contributed by atoms with Crippen LogP contribution in [0.2, 0.25) is 0 Å². The minimum absolute atomic E-state index is 0.0357. The highest BCUT2D eigenvalue weighted by atomic mass is 32.2. The van der Waals surface area contributed by atoms with E-state index < -0.39 is 9.73 Å². The molecule has 3 aromatic carbocycles. The summed E-state index contributed by atoms with van der Waals surface area (Å²) in [4.78, 5) is 23.3. The summed E-state index contributed by atoms with van der Waals surface area (Å²) in [5.74, 6) is 0.0481. The quantitative estimate of drug-likeness (QED) is 0.444. The van der Waals surface area contributed by atoms with Crippen molar-refractivity contribution in [3.05, 3.63) is 88.5 Å². The predicted molar refractivity (Wildman–Crippen MR) is 169 cm³/mol. The first-order chi connectivity index (χ1) is 20.1. The fraction of sp³-hybridized carbons (Fsp3) is 0.394. The number of nitrogens with one attached hydrogen (secondary N) is 1. The molecule has 2 aliphatic rings. The molecule has 1 amide bonds. The molecule has 2 aliphatic heterocycles. The van der Waals surface area contributed by atoms with Crippen LogP contribution in [0.3, 0.4) is 0 Å². The van der Waals surface area contributed by atoms with Gasteiger partial charge in [0.2, 0.25) is 0 Å². The maximum atomic E-state index is 13.9. The van der Waals surface area contributed by atoms with E-state index in [0.717, 1.165) is 55.2 Å². The van der Waals surface area contributed by atoms with E-state index in [1.165, 1.54) is 17.4 Å². The molecular formula is C33H40N6O2S. The van der Waals surface area contributed by atoms with Gasteiger partial charge in [0.1, 0.15) is 6.07 Å². The normalized spacial score (nSPS) is 19.3. The van der Waals surface area contributed by atoms with Crippen molar-refractivity contribution in [1.82, 2.24) is 9.80 Å². The number of para-hydroxylation sites is 2. The Morgan fingerprint density at radius 1 is 0.929 bits per heavy atom. The van der Waals surface area contributed by atoms with Crippen LogP contribution in [0.4, 0.5) is 11.4 Å². The van der Waals surface area contributed by atoms with E-state index in [1.54, 1.807) is 6.07 Å². The first kappa shape index (κ1) is 29.6. The molecule has 2 heterocycles. The molecule has 0 bridgehead atoms. The van der Waals surface area contributed by atoms with Crippen LogP contribution in [0.5, 0.6) is 0 Å². The number of carbonyl (C=O) groups is 1. The van der Waals surface area contributed by atoms with Crippen LogP contribution in [-0.2, 0) is 16.3 Å². The Balaban J connectivity index is 1.27. The molecule has 42 heavy (non-hydrogen) atoms. The van der Waals surface area contributed by atoms with Crippen molar-refractivity contribution >= 4 is 27.0 Å². The monoisotopic (exact) mass is 584 g/mol. The summed E-state index contributed by atoms with van der Waals surface area (Å²) < 4.78 is 20.7. The lowest BCUT2D eigenvalue weighted by Gasteiger charge is -2.42. The van der Waals surface area contributed by atoms with Gasteiger partial charge in [-0.2, -0.15) is 5.26 Å². The SMILES string of the molecule is Cc1cc(C)c(C(=O)N2CCN(c3ccccc3S(C)(=N)=O)C[C@@H]2C)cc1CN1CCN(c2ccccc2C#N)CC1. The van der Waals surface area contributed by atoms with E-state index >= 15 is 0 Å². The second kappa shape index (κ2) is 12.2.